The number of amides is 1. The van der Waals surface area contributed by atoms with Gasteiger partial charge in [-0.2, -0.15) is 5.26 Å². The lowest BCUT2D eigenvalue weighted by atomic mass is 9.90. The molecule has 4 N–H and O–H groups in total. The third-order valence-electron chi connectivity index (χ3n) is 5.76. The van der Waals surface area contributed by atoms with Gasteiger partial charge in [-0.3, -0.25) is 4.79 Å². The average molecular weight is 455 g/mol. The summed E-state index contributed by atoms with van der Waals surface area (Å²) in [7, 11) is 0. The number of para-hydroxylation sites is 1. The second-order valence-electron chi connectivity index (χ2n) is 8.19. The number of nitrogen functional groups attached to an aromatic ring is 1. The van der Waals surface area contributed by atoms with Gasteiger partial charge in [-0.1, -0.05) is 36.9 Å². The Morgan fingerprint density at radius 3 is 2.50 bits per heavy atom. The number of nitriles is 1. The Kier molecular flexibility index (Phi) is 7.04. The molecule has 0 unspecified atom stereocenters. The van der Waals surface area contributed by atoms with Crippen LogP contribution in [0.2, 0.25) is 0 Å². The van der Waals surface area contributed by atoms with Crippen molar-refractivity contribution in [1.29, 1.82) is 5.26 Å². The molecule has 1 amide bonds. The highest BCUT2D eigenvalue weighted by molar-refractivity contribution is 5.96. The molecule has 0 aliphatic heterocycles. The molecule has 172 valence electrons. The van der Waals surface area contributed by atoms with Crippen LogP contribution in [0.15, 0.2) is 73.1 Å². The summed E-state index contributed by atoms with van der Waals surface area (Å²) < 4.78 is 5.88. The first-order valence-electron chi connectivity index (χ1n) is 11.1. The van der Waals surface area contributed by atoms with Gasteiger partial charge in [0, 0.05) is 12.1 Å². The number of anilines is 2. The minimum atomic E-state index is -0.419. The standard InChI is InChI=1S/C26H26N6O2/c1-17(15-27)26(33)32-20-7-5-6-19(14-20)31-25-23(24(28)29-16-30-25)18-10-12-22(13-11-18)34-21-8-3-2-4-9-21/h2-4,8-13,16,19-20H,1,5-7,14H2,(H,32,33)(H3,28,29,30,31)/t19-,20+/m0/s1. The molecule has 0 bridgehead atoms. The van der Waals surface area contributed by atoms with E-state index in [4.69, 9.17) is 15.7 Å². The highest BCUT2D eigenvalue weighted by Gasteiger charge is 2.25. The van der Waals surface area contributed by atoms with Gasteiger partial charge < -0.3 is 21.1 Å². The maximum Gasteiger partial charge on any atom is 0.261 e. The maximum atomic E-state index is 12.0. The number of ether oxygens (including phenoxy) is 1. The molecule has 1 fully saturated rings. The summed E-state index contributed by atoms with van der Waals surface area (Å²) in [5.74, 6) is 2.07. The second kappa shape index (κ2) is 10.5. The van der Waals surface area contributed by atoms with Crippen molar-refractivity contribution in [2.75, 3.05) is 11.1 Å². The van der Waals surface area contributed by atoms with E-state index < -0.39 is 5.91 Å². The summed E-state index contributed by atoms with van der Waals surface area (Å²) in [6, 6.07) is 19.0. The van der Waals surface area contributed by atoms with E-state index in [1.807, 2.05) is 54.6 Å². The predicted molar refractivity (Wildman–Crippen MR) is 131 cm³/mol. The molecule has 1 saturated carbocycles. The molecule has 1 aliphatic rings. The minimum Gasteiger partial charge on any atom is -0.457 e. The van der Waals surface area contributed by atoms with Gasteiger partial charge >= 0.3 is 0 Å². The zero-order valence-electron chi connectivity index (χ0n) is 18.7. The zero-order chi connectivity index (χ0) is 23.9. The van der Waals surface area contributed by atoms with E-state index in [0.29, 0.717) is 23.8 Å². The summed E-state index contributed by atoms with van der Waals surface area (Å²) in [4.78, 5) is 20.7. The minimum absolute atomic E-state index is 0.0408. The molecule has 2 atom stereocenters. The van der Waals surface area contributed by atoms with Crippen LogP contribution in [0.1, 0.15) is 25.7 Å². The average Bonchev–Trinajstić information content (AvgIpc) is 2.85. The fraction of sp³-hybridized carbons (Fsp3) is 0.231. The van der Waals surface area contributed by atoms with Crippen LogP contribution >= 0.6 is 0 Å². The van der Waals surface area contributed by atoms with Crippen molar-refractivity contribution >= 4 is 17.5 Å². The fourth-order valence-electron chi connectivity index (χ4n) is 4.08. The van der Waals surface area contributed by atoms with Crippen molar-refractivity contribution in [3.63, 3.8) is 0 Å². The lowest BCUT2D eigenvalue weighted by molar-refractivity contribution is -0.118. The molecule has 0 radical (unpaired) electrons. The van der Waals surface area contributed by atoms with Crippen LogP contribution in [-0.4, -0.2) is 28.0 Å². The Bertz CT molecular complexity index is 1200. The third kappa shape index (κ3) is 5.51. The van der Waals surface area contributed by atoms with Crippen molar-refractivity contribution < 1.29 is 9.53 Å². The van der Waals surface area contributed by atoms with E-state index in [0.717, 1.165) is 36.1 Å². The summed E-state index contributed by atoms with van der Waals surface area (Å²) in [5, 5.41) is 15.3. The van der Waals surface area contributed by atoms with Crippen molar-refractivity contribution in [2.24, 2.45) is 0 Å². The number of nitrogens with one attached hydrogen (secondary N) is 2. The van der Waals surface area contributed by atoms with E-state index in [1.165, 1.54) is 6.33 Å². The number of nitrogens with zero attached hydrogens (tertiary/aromatic N) is 3. The van der Waals surface area contributed by atoms with E-state index in [-0.39, 0.29) is 17.7 Å². The van der Waals surface area contributed by atoms with Gasteiger partial charge in [0.25, 0.3) is 5.91 Å². The van der Waals surface area contributed by atoms with Gasteiger partial charge in [-0.05, 0) is 55.5 Å². The topological polar surface area (TPSA) is 126 Å². The summed E-state index contributed by atoms with van der Waals surface area (Å²) in [6.07, 6.45) is 4.86. The molecule has 1 heterocycles. The molecule has 2 aromatic carbocycles. The molecule has 4 rings (SSSR count). The maximum absolute atomic E-state index is 12.0. The van der Waals surface area contributed by atoms with Crippen LogP contribution < -0.4 is 21.1 Å². The van der Waals surface area contributed by atoms with Crippen LogP contribution in [0, 0.1) is 11.3 Å². The Morgan fingerprint density at radius 2 is 1.76 bits per heavy atom. The van der Waals surface area contributed by atoms with E-state index >= 15 is 0 Å². The number of carbonyl (C=O) groups is 1. The van der Waals surface area contributed by atoms with Crippen LogP contribution in [0.4, 0.5) is 11.6 Å². The van der Waals surface area contributed by atoms with E-state index in [1.54, 1.807) is 6.07 Å². The van der Waals surface area contributed by atoms with Gasteiger partial charge in [0.05, 0.1) is 5.56 Å². The Balaban J connectivity index is 1.48. The third-order valence-corrected chi connectivity index (χ3v) is 5.76. The highest BCUT2D eigenvalue weighted by Crippen LogP contribution is 2.34. The largest absolute Gasteiger partial charge is 0.457 e. The number of rotatable bonds is 7. The Labute approximate surface area is 198 Å². The summed E-state index contributed by atoms with van der Waals surface area (Å²) in [6.45, 7) is 3.48. The molecular formula is C26H26N6O2. The smallest absolute Gasteiger partial charge is 0.261 e. The summed E-state index contributed by atoms with van der Waals surface area (Å²) >= 11 is 0. The molecule has 3 aromatic rings. The normalized spacial score (nSPS) is 17.3. The van der Waals surface area contributed by atoms with Gasteiger partial charge in [0.15, 0.2) is 0 Å². The number of carbonyl (C=O) groups excluding carboxylic acids is 1. The van der Waals surface area contributed by atoms with Gasteiger partial charge in [-0.15, -0.1) is 0 Å². The molecule has 34 heavy (non-hydrogen) atoms. The molecule has 1 aromatic heterocycles. The lowest BCUT2D eigenvalue weighted by Gasteiger charge is -2.31. The predicted octanol–water partition coefficient (Wildman–Crippen LogP) is 4.44. The SMILES string of the molecule is C=C(C#N)C(=O)N[C@@H]1CCC[C@H](Nc2ncnc(N)c2-c2ccc(Oc3ccccc3)cc2)C1. The fourth-order valence-corrected chi connectivity index (χ4v) is 4.08. The molecule has 0 saturated heterocycles. The van der Waals surface area contributed by atoms with Crippen LogP contribution in [0.3, 0.4) is 0 Å². The van der Waals surface area contributed by atoms with Gasteiger partial charge in [-0.25, -0.2) is 9.97 Å². The highest BCUT2D eigenvalue weighted by atomic mass is 16.5. The van der Waals surface area contributed by atoms with Crippen molar-refractivity contribution in [2.45, 2.75) is 37.8 Å². The molecule has 0 spiro atoms. The van der Waals surface area contributed by atoms with Gasteiger partial charge in [0.2, 0.25) is 0 Å². The molecular weight excluding hydrogens is 428 g/mol. The molecule has 8 nitrogen and oxygen atoms in total. The molecule has 8 heteroatoms. The van der Waals surface area contributed by atoms with Gasteiger partial charge in [0.1, 0.15) is 41.1 Å². The van der Waals surface area contributed by atoms with Crippen LogP contribution in [0.5, 0.6) is 11.5 Å². The second-order valence-corrected chi connectivity index (χ2v) is 8.19. The van der Waals surface area contributed by atoms with Crippen LogP contribution in [0.25, 0.3) is 11.1 Å². The Hall–Kier alpha value is -4.38. The zero-order valence-corrected chi connectivity index (χ0v) is 18.7. The number of benzene rings is 2. The quantitative estimate of drug-likeness (QED) is 0.356. The first kappa shape index (κ1) is 22.8. The van der Waals surface area contributed by atoms with Crippen LogP contribution in [-0.2, 0) is 4.79 Å². The lowest BCUT2D eigenvalue weighted by Crippen LogP contribution is -2.42. The number of hydrogen-bond donors (Lipinski definition) is 3. The van der Waals surface area contributed by atoms with Crippen molar-refractivity contribution in [1.82, 2.24) is 15.3 Å². The number of nitrogens with two attached hydrogens (primary N) is 1. The van der Waals surface area contributed by atoms with Crippen molar-refractivity contribution in [3.05, 3.63) is 73.1 Å². The van der Waals surface area contributed by atoms with E-state index in [2.05, 4.69) is 27.2 Å². The Morgan fingerprint density at radius 1 is 1.06 bits per heavy atom. The summed E-state index contributed by atoms with van der Waals surface area (Å²) in [5.41, 5.74) is 7.75. The number of aromatic nitrogens is 2. The number of hydrogen-bond acceptors (Lipinski definition) is 7. The first-order valence-corrected chi connectivity index (χ1v) is 11.1. The van der Waals surface area contributed by atoms with E-state index in [9.17, 15) is 4.79 Å². The monoisotopic (exact) mass is 454 g/mol. The molecule has 1 aliphatic carbocycles. The first-order chi connectivity index (χ1) is 16.5. The van der Waals surface area contributed by atoms with Crippen molar-refractivity contribution in [3.8, 4) is 28.7 Å².